The van der Waals surface area contributed by atoms with Crippen LogP contribution in [0.1, 0.15) is 44.2 Å². The van der Waals surface area contributed by atoms with Gasteiger partial charge in [0.25, 0.3) is 0 Å². The van der Waals surface area contributed by atoms with Crippen molar-refractivity contribution in [2.75, 3.05) is 24.6 Å². The van der Waals surface area contributed by atoms with Gasteiger partial charge < -0.3 is 9.64 Å². The smallest absolute Gasteiger partial charge is 0.416 e. The fourth-order valence-corrected chi connectivity index (χ4v) is 3.72. The zero-order valence-corrected chi connectivity index (χ0v) is 17.7. The maximum Gasteiger partial charge on any atom is 0.416 e. The van der Waals surface area contributed by atoms with Crippen LogP contribution in [0.2, 0.25) is 0 Å². The second kappa shape index (κ2) is 11.0. The molecule has 0 amide bonds. The van der Waals surface area contributed by atoms with Crippen molar-refractivity contribution < 1.29 is 22.7 Å². The highest BCUT2D eigenvalue weighted by Crippen LogP contribution is 2.36. The third kappa shape index (κ3) is 6.51. The van der Waals surface area contributed by atoms with E-state index >= 15 is 0 Å². The van der Waals surface area contributed by atoms with Gasteiger partial charge in [-0.05, 0) is 56.4 Å². The molecule has 6 heteroatoms. The molecule has 1 aliphatic heterocycles. The zero-order chi connectivity index (χ0) is 22.1. The Balaban J connectivity index is 2.39. The lowest BCUT2D eigenvalue weighted by Gasteiger charge is -2.28. The van der Waals surface area contributed by atoms with E-state index in [9.17, 15) is 18.0 Å². The number of allylic oxidation sites excluding steroid dienone is 4. The number of anilines is 1. The summed E-state index contributed by atoms with van der Waals surface area (Å²) in [5.41, 5.74) is 1.86. The van der Waals surface area contributed by atoms with Crippen LogP contribution in [-0.4, -0.2) is 25.7 Å². The Morgan fingerprint density at radius 2 is 2.10 bits per heavy atom. The van der Waals surface area contributed by atoms with Gasteiger partial charge in [0.15, 0.2) is 0 Å². The Bertz CT molecular complexity index is 796. The standard InChI is InChI=1S/C24H30F3NO2/c1-4-7-8-10-18(9-5-2)16-28-17-20(23(29)30-6-3)12-11-19-15-21(24(25,26)27)13-14-22(19)28/h4,7-9,13-15,20H,1,5-6,10-12,16-17H2,2-3H3/b8-7-,18-9+. The molecule has 1 aromatic carbocycles. The fourth-order valence-electron chi connectivity index (χ4n) is 3.72. The SMILES string of the molecule is C=C/C=C\C/C(=C\CC)CN1CC(C(=O)OCC)CCc2cc(C(F)(F)F)ccc21. The van der Waals surface area contributed by atoms with Crippen LogP contribution in [0, 0.1) is 5.92 Å². The highest BCUT2D eigenvalue weighted by molar-refractivity contribution is 5.74. The van der Waals surface area contributed by atoms with E-state index in [0.29, 0.717) is 31.5 Å². The van der Waals surface area contributed by atoms with Crippen LogP contribution >= 0.6 is 0 Å². The van der Waals surface area contributed by atoms with Gasteiger partial charge in [-0.3, -0.25) is 4.79 Å². The first-order valence-electron chi connectivity index (χ1n) is 10.4. The molecule has 0 saturated carbocycles. The van der Waals surface area contributed by atoms with Crippen LogP contribution in [-0.2, 0) is 22.1 Å². The molecular formula is C24H30F3NO2. The number of halogens is 3. The minimum absolute atomic E-state index is 0.286. The number of fused-ring (bicyclic) bond motifs is 1. The van der Waals surface area contributed by atoms with Gasteiger partial charge in [-0.25, -0.2) is 0 Å². The van der Waals surface area contributed by atoms with Crippen molar-refractivity contribution in [1.29, 1.82) is 0 Å². The largest absolute Gasteiger partial charge is 0.466 e. The van der Waals surface area contributed by atoms with Gasteiger partial charge in [0, 0.05) is 18.8 Å². The summed E-state index contributed by atoms with van der Waals surface area (Å²) in [5.74, 6) is -0.669. The molecule has 0 bridgehead atoms. The average molecular weight is 422 g/mol. The number of benzene rings is 1. The van der Waals surface area contributed by atoms with E-state index in [1.807, 2.05) is 24.0 Å². The first-order valence-corrected chi connectivity index (χ1v) is 10.4. The Morgan fingerprint density at radius 1 is 1.33 bits per heavy atom. The van der Waals surface area contributed by atoms with Crippen LogP contribution in [0.5, 0.6) is 0 Å². The lowest BCUT2D eigenvalue weighted by atomic mass is 10.00. The van der Waals surface area contributed by atoms with Gasteiger partial charge in [0.1, 0.15) is 0 Å². The maximum absolute atomic E-state index is 13.2. The highest BCUT2D eigenvalue weighted by Gasteiger charge is 2.33. The van der Waals surface area contributed by atoms with E-state index in [0.717, 1.165) is 30.2 Å². The summed E-state index contributed by atoms with van der Waals surface area (Å²) >= 11 is 0. The molecule has 0 radical (unpaired) electrons. The van der Waals surface area contributed by atoms with Crippen molar-refractivity contribution in [3.63, 3.8) is 0 Å². The third-order valence-corrected chi connectivity index (χ3v) is 5.11. The van der Waals surface area contributed by atoms with Gasteiger partial charge in [-0.2, -0.15) is 13.2 Å². The minimum atomic E-state index is -4.39. The van der Waals surface area contributed by atoms with Crippen molar-refractivity contribution >= 4 is 11.7 Å². The molecule has 0 fully saturated rings. The van der Waals surface area contributed by atoms with Crippen molar-refractivity contribution in [3.05, 3.63) is 65.8 Å². The molecule has 1 aliphatic rings. The van der Waals surface area contributed by atoms with Crippen LogP contribution in [0.4, 0.5) is 18.9 Å². The monoisotopic (exact) mass is 421 g/mol. The van der Waals surface area contributed by atoms with Crippen LogP contribution in [0.15, 0.2) is 54.7 Å². The summed E-state index contributed by atoms with van der Waals surface area (Å²) < 4.78 is 44.9. The number of alkyl halides is 3. The van der Waals surface area contributed by atoms with E-state index in [-0.39, 0.29) is 18.5 Å². The highest BCUT2D eigenvalue weighted by atomic mass is 19.4. The molecule has 1 aromatic rings. The molecule has 30 heavy (non-hydrogen) atoms. The summed E-state index contributed by atoms with van der Waals surface area (Å²) in [6.45, 7) is 8.73. The number of hydrogen-bond acceptors (Lipinski definition) is 3. The van der Waals surface area contributed by atoms with E-state index in [1.54, 1.807) is 13.0 Å². The van der Waals surface area contributed by atoms with Gasteiger partial charge in [0.05, 0.1) is 18.1 Å². The molecule has 0 aliphatic carbocycles. The van der Waals surface area contributed by atoms with Crippen molar-refractivity contribution in [1.82, 2.24) is 0 Å². The molecule has 0 aromatic heterocycles. The summed E-state index contributed by atoms with van der Waals surface area (Å²) in [5, 5.41) is 0. The number of carbonyl (C=O) groups excluding carboxylic acids is 1. The Kier molecular flexibility index (Phi) is 8.75. The second-order valence-electron chi connectivity index (χ2n) is 7.35. The lowest BCUT2D eigenvalue weighted by Crippen LogP contribution is -2.34. The summed E-state index contributed by atoms with van der Waals surface area (Å²) in [6, 6.07) is 3.88. The van der Waals surface area contributed by atoms with Gasteiger partial charge in [0.2, 0.25) is 0 Å². The van der Waals surface area contributed by atoms with Crippen molar-refractivity contribution in [3.8, 4) is 0 Å². The normalized spacial score (nSPS) is 17.6. The Morgan fingerprint density at radius 3 is 2.73 bits per heavy atom. The van der Waals surface area contributed by atoms with E-state index in [2.05, 4.69) is 12.7 Å². The molecule has 3 nitrogen and oxygen atoms in total. The number of hydrogen-bond donors (Lipinski definition) is 0. The lowest BCUT2D eigenvalue weighted by molar-refractivity contribution is -0.147. The molecular weight excluding hydrogens is 391 g/mol. The molecule has 0 N–H and O–H groups in total. The number of ether oxygens (including phenoxy) is 1. The number of esters is 1. The number of carbonyl (C=O) groups is 1. The predicted molar refractivity (Wildman–Crippen MR) is 114 cm³/mol. The van der Waals surface area contributed by atoms with Gasteiger partial charge in [-0.15, -0.1) is 0 Å². The second-order valence-corrected chi connectivity index (χ2v) is 7.35. The Hall–Kier alpha value is -2.50. The molecule has 0 saturated heterocycles. The van der Waals surface area contributed by atoms with Crippen molar-refractivity contribution in [2.45, 2.75) is 45.7 Å². The quantitative estimate of drug-likeness (QED) is 0.288. The maximum atomic E-state index is 13.2. The summed E-state index contributed by atoms with van der Waals surface area (Å²) in [6.07, 6.45) is 5.76. The van der Waals surface area contributed by atoms with Gasteiger partial charge in [-0.1, -0.05) is 43.4 Å². The zero-order valence-electron chi connectivity index (χ0n) is 17.7. The first kappa shape index (κ1) is 23.8. The molecule has 1 atom stereocenters. The third-order valence-electron chi connectivity index (χ3n) is 5.11. The number of nitrogens with zero attached hydrogens (tertiary/aromatic N) is 1. The van der Waals surface area contributed by atoms with Crippen LogP contribution in [0.3, 0.4) is 0 Å². The Labute approximate surface area is 176 Å². The first-order chi connectivity index (χ1) is 14.3. The topological polar surface area (TPSA) is 29.5 Å². The molecule has 0 spiro atoms. The van der Waals surface area contributed by atoms with Crippen molar-refractivity contribution in [2.24, 2.45) is 5.92 Å². The summed E-state index contributed by atoms with van der Waals surface area (Å²) in [4.78, 5) is 14.5. The van der Waals surface area contributed by atoms with E-state index < -0.39 is 11.7 Å². The molecule has 1 unspecified atom stereocenters. The fraction of sp³-hybridized carbons (Fsp3) is 0.458. The van der Waals surface area contributed by atoms with Crippen LogP contribution < -0.4 is 4.90 Å². The molecule has 1 heterocycles. The predicted octanol–water partition coefficient (Wildman–Crippen LogP) is 6.11. The summed E-state index contributed by atoms with van der Waals surface area (Å²) in [7, 11) is 0. The van der Waals surface area contributed by atoms with Gasteiger partial charge >= 0.3 is 12.1 Å². The average Bonchev–Trinajstić information content (AvgIpc) is 2.87. The molecule has 164 valence electrons. The number of rotatable bonds is 8. The minimum Gasteiger partial charge on any atom is -0.466 e. The number of aryl methyl sites for hydroxylation is 1. The molecule has 2 rings (SSSR count). The van der Waals surface area contributed by atoms with E-state index in [1.165, 1.54) is 12.1 Å². The van der Waals surface area contributed by atoms with E-state index in [4.69, 9.17) is 4.74 Å². The van der Waals surface area contributed by atoms with Crippen LogP contribution in [0.25, 0.3) is 0 Å².